The molecule has 3 aliphatic rings. The second kappa shape index (κ2) is 3.25. The van der Waals surface area contributed by atoms with Gasteiger partial charge in [-0.05, 0) is 61.2 Å². The fraction of sp³-hybridized carbons (Fsp3) is 1.00. The van der Waals surface area contributed by atoms with Crippen LogP contribution in [0.1, 0.15) is 52.4 Å². The number of hydrogen-bond acceptors (Lipinski definition) is 0. The lowest BCUT2D eigenvalue weighted by molar-refractivity contribution is 0.185. The van der Waals surface area contributed by atoms with Crippen molar-refractivity contribution in [2.45, 2.75) is 52.4 Å². The summed E-state index contributed by atoms with van der Waals surface area (Å²) in [6, 6.07) is 0. The van der Waals surface area contributed by atoms with Gasteiger partial charge >= 0.3 is 0 Å². The fourth-order valence-electron chi connectivity index (χ4n) is 5.13. The van der Waals surface area contributed by atoms with Gasteiger partial charge in [-0.15, -0.1) is 0 Å². The lowest BCUT2D eigenvalue weighted by atomic mass is 9.75. The first kappa shape index (κ1) is 9.24. The Morgan fingerprint density at radius 3 is 2.29 bits per heavy atom. The van der Waals surface area contributed by atoms with E-state index in [1.807, 2.05) is 0 Å². The molecule has 0 heteroatoms. The van der Waals surface area contributed by atoms with E-state index in [4.69, 9.17) is 0 Å². The van der Waals surface area contributed by atoms with E-state index in [0.717, 1.165) is 23.7 Å². The summed E-state index contributed by atoms with van der Waals surface area (Å²) in [5, 5.41) is 0. The summed E-state index contributed by atoms with van der Waals surface area (Å²) in [5.74, 6) is 6.89. The summed E-state index contributed by atoms with van der Waals surface area (Å²) in [4.78, 5) is 0. The largest absolute Gasteiger partial charge is 0.0651 e. The molecular weight excluding hydrogens is 168 g/mol. The second-order valence-electron chi connectivity index (χ2n) is 6.14. The summed E-state index contributed by atoms with van der Waals surface area (Å²) >= 11 is 0. The molecule has 0 saturated heterocycles. The highest BCUT2D eigenvalue weighted by Gasteiger charge is 2.54. The van der Waals surface area contributed by atoms with E-state index in [1.165, 1.54) is 24.7 Å². The maximum absolute atomic E-state index is 2.41. The molecule has 3 rings (SSSR count). The van der Waals surface area contributed by atoms with Gasteiger partial charge in [0.15, 0.2) is 0 Å². The lowest BCUT2D eigenvalue weighted by Crippen LogP contribution is -2.23. The topological polar surface area (TPSA) is 0 Å². The van der Waals surface area contributed by atoms with Gasteiger partial charge in [0.1, 0.15) is 0 Å². The van der Waals surface area contributed by atoms with Gasteiger partial charge in [-0.2, -0.15) is 0 Å². The molecule has 0 radical (unpaired) electrons. The van der Waals surface area contributed by atoms with Crippen LogP contribution in [0.5, 0.6) is 0 Å². The summed E-state index contributed by atoms with van der Waals surface area (Å²) in [6.45, 7) is 4.80. The number of fused-ring (bicyclic) bond motifs is 5. The minimum absolute atomic E-state index is 1.10. The van der Waals surface area contributed by atoms with E-state index in [1.54, 1.807) is 25.7 Å². The van der Waals surface area contributed by atoms with Crippen LogP contribution in [0.3, 0.4) is 0 Å². The van der Waals surface area contributed by atoms with Crippen molar-refractivity contribution in [3.05, 3.63) is 0 Å². The Morgan fingerprint density at radius 2 is 1.57 bits per heavy atom. The van der Waals surface area contributed by atoms with Crippen LogP contribution in [-0.2, 0) is 0 Å². The van der Waals surface area contributed by atoms with Gasteiger partial charge in [0.25, 0.3) is 0 Å². The van der Waals surface area contributed by atoms with Crippen molar-refractivity contribution in [2.75, 3.05) is 0 Å². The number of hydrogen-bond donors (Lipinski definition) is 0. The van der Waals surface area contributed by atoms with Crippen LogP contribution in [0.2, 0.25) is 0 Å². The van der Waals surface area contributed by atoms with Crippen molar-refractivity contribution in [1.82, 2.24) is 0 Å². The molecular formula is C14H24. The van der Waals surface area contributed by atoms with Crippen molar-refractivity contribution in [3.63, 3.8) is 0 Å². The van der Waals surface area contributed by atoms with Crippen LogP contribution in [0.25, 0.3) is 0 Å². The quantitative estimate of drug-likeness (QED) is 0.618. The highest BCUT2D eigenvalue weighted by molar-refractivity contribution is 5.04. The van der Waals surface area contributed by atoms with E-state index in [2.05, 4.69) is 13.8 Å². The third kappa shape index (κ3) is 1.12. The zero-order valence-electron chi connectivity index (χ0n) is 9.71. The molecule has 3 saturated carbocycles. The van der Waals surface area contributed by atoms with Crippen LogP contribution in [-0.4, -0.2) is 0 Å². The Bertz CT molecular complexity index is 218. The van der Waals surface area contributed by atoms with Crippen LogP contribution < -0.4 is 0 Å². The van der Waals surface area contributed by atoms with Crippen molar-refractivity contribution in [2.24, 2.45) is 35.5 Å². The maximum atomic E-state index is 2.41. The van der Waals surface area contributed by atoms with Crippen LogP contribution >= 0.6 is 0 Å². The zero-order valence-corrected chi connectivity index (χ0v) is 9.71. The van der Waals surface area contributed by atoms with Crippen molar-refractivity contribution in [3.8, 4) is 0 Å². The van der Waals surface area contributed by atoms with E-state index in [0.29, 0.717) is 0 Å². The Balaban J connectivity index is 1.75. The minimum Gasteiger partial charge on any atom is -0.0651 e. The zero-order chi connectivity index (χ0) is 9.71. The molecule has 14 heavy (non-hydrogen) atoms. The Hall–Kier alpha value is 0. The molecule has 80 valence electrons. The SMILES string of the molecule is CCC1CC2C3CC(CC)C(C3)C2C1. The molecule has 0 heterocycles. The van der Waals surface area contributed by atoms with Gasteiger partial charge in [0, 0.05) is 0 Å². The molecule has 0 aromatic rings. The predicted octanol–water partition coefficient (Wildman–Crippen LogP) is 4.10. The summed E-state index contributed by atoms with van der Waals surface area (Å²) in [6.07, 6.45) is 9.31. The monoisotopic (exact) mass is 192 g/mol. The highest BCUT2D eigenvalue weighted by atomic mass is 14.6. The molecule has 0 aliphatic heterocycles. The molecule has 0 nitrogen and oxygen atoms in total. The standard InChI is InChI=1S/C14H24/c1-3-9-5-12-11-7-10(4-2)13(8-11)14(12)6-9/h9-14H,3-8H2,1-2H3. The normalized spacial score (nSPS) is 55.3. The molecule has 2 bridgehead atoms. The van der Waals surface area contributed by atoms with Gasteiger partial charge in [-0.1, -0.05) is 26.7 Å². The van der Waals surface area contributed by atoms with Crippen LogP contribution in [0, 0.1) is 35.5 Å². The van der Waals surface area contributed by atoms with Crippen LogP contribution in [0.4, 0.5) is 0 Å². The van der Waals surface area contributed by atoms with Gasteiger partial charge < -0.3 is 0 Å². The average molecular weight is 192 g/mol. The molecule has 0 spiro atoms. The van der Waals surface area contributed by atoms with Gasteiger partial charge in [-0.25, -0.2) is 0 Å². The average Bonchev–Trinajstić information content (AvgIpc) is 2.87. The third-order valence-corrected chi connectivity index (χ3v) is 5.80. The highest BCUT2D eigenvalue weighted by Crippen LogP contribution is 2.63. The first-order valence-electron chi connectivity index (χ1n) is 6.83. The van der Waals surface area contributed by atoms with E-state index < -0.39 is 0 Å². The molecule has 3 aliphatic carbocycles. The Morgan fingerprint density at radius 1 is 0.786 bits per heavy atom. The molecule has 0 N–H and O–H groups in total. The van der Waals surface area contributed by atoms with E-state index >= 15 is 0 Å². The number of rotatable bonds is 2. The Kier molecular flexibility index (Phi) is 2.15. The molecule has 0 amide bonds. The van der Waals surface area contributed by atoms with E-state index in [-0.39, 0.29) is 0 Å². The van der Waals surface area contributed by atoms with Gasteiger partial charge in [-0.3, -0.25) is 0 Å². The smallest absolute Gasteiger partial charge is 0.0349 e. The molecule has 0 aromatic heterocycles. The molecule has 0 aromatic carbocycles. The van der Waals surface area contributed by atoms with Crippen molar-refractivity contribution < 1.29 is 0 Å². The van der Waals surface area contributed by atoms with Crippen LogP contribution in [0.15, 0.2) is 0 Å². The Labute approximate surface area is 88.5 Å². The molecule has 6 unspecified atom stereocenters. The predicted molar refractivity (Wildman–Crippen MR) is 60.0 cm³/mol. The van der Waals surface area contributed by atoms with E-state index in [9.17, 15) is 0 Å². The summed E-state index contributed by atoms with van der Waals surface area (Å²) in [7, 11) is 0. The molecule has 6 atom stereocenters. The second-order valence-corrected chi connectivity index (χ2v) is 6.14. The first-order chi connectivity index (χ1) is 6.83. The summed E-state index contributed by atoms with van der Waals surface area (Å²) < 4.78 is 0. The van der Waals surface area contributed by atoms with Gasteiger partial charge in [0.05, 0.1) is 0 Å². The lowest BCUT2D eigenvalue weighted by Gasteiger charge is -2.30. The first-order valence-corrected chi connectivity index (χ1v) is 6.83. The van der Waals surface area contributed by atoms with Crippen molar-refractivity contribution in [1.29, 1.82) is 0 Å². The maximum Gasteiger partial charge on any atom is -0.0349 e. The fourth-order valence-corrected chi connectivity index (χ4v) is 5.13. The third-order valence-electron chi connectivity index (χ3n) is 5.80. The van der Waals surface area contributed by atoms with Gasteiger partial charge in [0.2, 0.25) is 0 Å². The molecule has 3 fully saturated rings. The summed E-state index contributed by atoms with van der Waals surface area (Å²) in [5.41, 5.74) is 0. The minimum atomic E-state index is 1.10. The van der Waals surface area contributed by atoms with Crippen molar-refractivity contribution >= 4 is 0 Å².